The number of hydrogen-bond donors (Lipinski definition) is 1. The standard InChI is InChI=1S/C13H15NO9S4/c1-25(17,18)14(26(2,19)20)11-6-4-5-10-9(11)7-8-12(24(15)16)13(10)23-27(3,21)22/h4-8H,1-3H3,(H,15,16). The molecule has 1 N–H and O–H groups in total. The number of nitrogens with zero attached hydrogens (tertiary/aromatic N) is 1. The molecular weight excluding hydrogens is 442 g/mol. The average Bonchev–Trinajstić information content (AvgIpc) is 2.43. The van der Waals surface area contributed by atoms with E-state index in [1.165, 1.54) is 24.3 Å². The summed E-state index contributed by atoms with van der Waals surface area (Å²) in [6.45, 7) is 0. The van der Waals surface area contributed by atoms with Gasteiger partial charge in [0.1, 0.15) is 4.90 Å². The molecule has 0 aliphatic heterocycles. The minimum Gasteiger partial charge on any atom is -0.381 e. The summed E-state index contributed by atoms with van der Waals surface area (Å²) >= 11 is -2.62. The molecule has 0 aromatic heterocycles. The summed E-state index contributed by atoms with van der Waals surface area (Å²) in [4.78, 5) is -0.379. The lowest BCUT2D eigenvalue weighted by molar-refractivity contribution is 0.487. The molecule has 10 nitrogen and oxygen atoms in total. The summed E-state index contributed by atoms with van der Waals surface area (Å²) in [6.07, 6.45) is 2.11. The van der Waals surface area contributed by atoms with Crippen LogP contribution in [0.15, 0.2) is 35.2 Å². The summed E-state index contributed by atoms with van der Waals surface area (Å²) in [7, 11) is -12.6. The normalized spacial score (nSPS) is 14.1. The fourth-order valence-corrected chi connectivity index (χ4v) is 6.46. The maximum Gasteiger partial charge on any atom is 0.306 e. The van der Waals surface area contributed by atoms with Crippen LogP contribution in [0.2, 0.25) is 0 Å². The van der Waals surface area contributed by atoms with Crippen LogP contribution in [-0.4, -0.2) is 52.8 Å². The van der Waals surface area contributed by atoms with E-state index in [1.807, 2.05) is 0 Å². The number of fused-ring (bicyclic) bond motifs is 1. The molecule has 0 bridgehead atoms. The average molecular weight is 458 g/mol. The zero-order valence-electron chi connectivity index (χ0n) is 14.2. The van der Waals surface area contributed by atoms with Gasteiger partial charge in [-0.2, -0.15) is 12.1 Å². The van der Waals surface area contributed by atoms with Gasteiger partial charge < -0.3 is 8.74 Å². The van der Waals surface area contributed by atoms with Crippen LogP contribution in [0.4, 0.5) is 5.69 Å². The molecule has 2 rings (SSSR count). The second kappa shape index (κ2) is 7.01. The highest BCUT2D eigenvalue weighted by atomic mass is 32.3. The quantitative estimate of drug-likeness (QED) is 0.482. The van der Waals surface area contributed by atoms with Gasteiger partial charge in [-0.1, -0.05) is 18.2 Å². The predicted molar refractivity (Wildman–Crippen MR) is 101 cm³/mol. The lowest BCUT2D eigenvalue weighted by Gasteiger charge is -2.22. The fourth-order valence-electron chi connectivity index (χ4n) is 2.43. The molecule has 1 atom stereocenters. The van der Waals surface area contributed by atoms with Gasteiger partial charge in [0, 0.05) is 10.8 Å². The molecule has 0 amide bonds. The molecule has 27 heavy (non-hydrogen) atoms. The Kier molecular flexibility index (Phi) is 5.60. The topological polar surface area (TPSA) is 152 Å². The molecule has 0 spiro atoms. The molecule has 150 valence electrons. The van der Waals surface area contributed by atoms with Crippen LogP contribution in [0.5, 0.6) is 5.75 Å². The Labute approximate surface area is 159 Å². The molecule has 0 radical (unpaired) electrons. The van der Waals surface area contributed by atoms with Gasteiger partial charge in [-0.05, 0) is 12.1 Å². The first kappa shape index (κ1) is 21.6. The first-order valence-electron chi connectivity index (χ1n) is 6.89. The highest BCUT2D eigenvalue weighted by molar-refractivity contribution is 8.09. The van der Waals surface area contributed by atoms with Crippen LogP contribution < -0.4 is 7.89 Å². The molecule has 14 heteroatoms. The third kappa shape index (κ3) is 4.76. The maximum absolute atomic E-state index is 12.0. The van der Waals surface area contributed by atoms with Crippen LogP contribution in [0.3, 0.4) is 0 Å². The zero-order valence-corrected chi connectivity index (χ0v) is 17.4. The van der Waals surface area contributed by atoms with Gasteiger partial charge in [0.15, 0.2) is 16.8 Å². The first-order valence-corrected chi connectivity index (χ1v) is 13.5. The van der Waals surface area contributed by atoms with Crippen molar-refractivity contribution in [3.63, 3.8) is 0 Å². The fraction of sp³-hybridized carbons (Fsp3) is 0.231. The predicted octanol–water partition coefficient (Wildman–Crippen LogP) is 0.484. The smallest absolute Gasteiger partial charge is 0.306 e. The van der Waals surface area contributed by atoms with Gasteiger partial charge in [-0.25, -0.2) is 21.0 Å². The van der Waals surface area contributed by atoms with Crippen molar-refractivity contribution in [2.75, 3.05) is 22.5 Å². The van der Waals surface area contributed by atoms with Crippen molar-refractivity contribution in [2.24, 2.45) is 0 Å². The Balaban J connectivity index is 2.99. The SMILES string of the molecule is CS(=O)(=O)Oc1c(S(=O)O)ccc2c(N(S(C)(=O)=O)S(C)(=O)=O)cccc12. The summed E-state index contributed by atoms with van der Waals surface area (Å²) in [5, 5.41) is -0.0728. The van der Waals surface area contributed by atoms with Crippen molar-refractivity contribution < 1.29 is 38.2 Å². The van der Waals surface area contributed by atoms with E-state index in [-0.39, 0.29) is 25.1 Å². The molecule has 2 aromatic rings. The van der Waals surface area contributed by atoms with Crippen molar-refractivity contribution >= 4 is 57.7 Å². The van der Waals surface area contributed by atoms with Gasteiger partial charge in [0.25, 0.3) is 0 Å². The van der Waals surface area contributed by atoms with Crippen LogP contribution in [0.1, 0.15) is 0 Å². The Hall–Kier alpha value is -1.74. The molecule has 0 aliphatic carbocycles. The summed E-state index contributed by atoms with van der Waals surface area (Å²) in [5.74, 6) is -0.500. The summed E-state index contributed by atoms with van der Waals surface area (Å²) < 4.78 is 97.2. The van der Waals surface area contributed by atoms with E-state index in [2.05, 4.69) is 0 Å². The Bertz CT molecular complexity index is 1220. The van der Waals surface area contributed by atoms with Crippen molar-refractivity contribution in [1.29, 1.82) is 0 Å². The largest absolute Gasteiger partial charge is 0.381 e. The first-order chi connectivity index (χ1) is 12.1. The van der Waals surface area contributed by atoms with Gasteiger partial charge in [-0.3, -0.25) is 0 Å². The Morgan fingerprint density at radius 2 is 1.44 bits per heavy atom. The van der Waals surface area contributed by atoms with E-state index in [0.717, 1.165) is 12.3 Å². The molecule has 2 aromatic carbocycles. The van der Waals surface area contributed by atoms with E-state index in [4.69, 9.17) is 4.18 Å². The highest BCUT2D eigenvalue weighted by Crippen LogP contribution is 2.38. The second-order valence-corrected chi connectivity index (χ2v) is 11.9. The van der Waals surface area contributed by atoms with Gasteiger partial charge in [0.2, 0.25) is 20.0 Å². The Morgan fingerprint density at radius 1 is 0.889 bits per heavy atom. The van der Waals surface area contributed by atoms with E-state index >= 15 is 0 Å². The third-order valence-corrected chi connectivity index (χ3v) is 7.56. The zero-order chi connectivity index (χ0) is 20.8. The van der Waals surface area contributed by atoms with Crippen molar-refractivity contribution in [2.45, 2.75) is 4.90 Å². The number of hydrogen-bond acceptors (Lipinski definition) is 8. The van der Waals surface area contributed by atoms with Crippen molar-refractivity contribution in [1.82, 2.24) is 0 Å². The molecule has 0 heterocycles. The van der Waals surface area contributed by atoms with Gasteiger partial charge in [0.05, 0.1) is 24.5 Å². The maximum atomic E-state index is 12.0. The van der Waals surface area contributed by atoms with Gasteiger partial charge in [-0.15, -0.1) is 0 Å². The number of benzene rings is 2. The monoisotopic (exact) mass is 457 g/mol. The van der Waals surface area contributed by atoms with E-state index in [0.29, 0.717) is 12.5 Å². The Morgan fingerprint density at radius 3 is 1.89 bits per heavy atom. The van der Waals surface area contributed by atoms with Crippen LogP contribution in [-0.2, 0) is 41.2 Å². The number of rotatable bonds is 6. The molecule has 1 unspecified atom stereocenters. The third-order valence-electron chi connectivity index (χ3n) is 3.17. The minimum atomic E-state index is -4.26. The van der Waals surface area contributed by atoms with E-state index < -0.39 is 47.0 Å². The van der Waals surface area contributed by atoms with E-state index in [9.17, 15) is 34.0 Å². The van der Waals surface area contributed by atoms with Gasteiger partial charge >= 0.3 is 10.1 Å². The van der Waals surface area contributed by atoms with Crippen LogP contribution in [0, 0.1) is 0 Å². The lowest BCUT2D eigenvalue weighted by Crippen LogP contribution is -2.35. The van der Waals surface area contributed by atoms with Crippen molar-refractivity contribution in [3.05, 3.63) is 30.3 Å². The van der Waals surface area contributed by atoms with E-state index in [1.54, 1.807) is 0 Å². The molecule has 0 aliphatic rings. The minimum absolute atomic E-state index is 0.0128. The second-order valence-electron chi connectivity index (χ2n) is 5.52. The molecule has 0 saturated heterocycles. The molecular formula is C13H15NO9S4. The highest BCUT2D eigenvalue weighted by Gasteiger charge is 2.30. The molecule has 0 fully saturated rings. The number of anilines is 1. The van der Waals surface area contributed by atoms with Crippen LogP contribution in [0.25, 0.3) is 10.8 Å². The molecule has 0 saturated carbocycles. The lowest BCUT2D eigenvalue weighted by atomic mass is 10.1. The summed E-state index contributed by atoms with van der Waals surface area (Å²) in [6, 6.07) is 6.01. The van der Waals surface area contributed by atoms with Crippen molar-refractivity contribution in [3.8, 4) is 5.75 Å². The summed E-state index contributed by atoms with van der Waals surface area (Å²) in [5.41, 5.74) is -0.286. The van der Waals surface area contributed by atoms with Crippen LogP contribution >= 0.6 is 0 Å². The number of sulfonamides is 2.